The number of halogens is 1. The second kappa shape index (κ2) is 8.37. The zero-order chi connectivity index (χ0) is 26.0. The third-order valence-electron chi connectivity index (χ3n) is 7.64. The molecular formula is C26H34B2FNO5. The maximum atomic E-state index is 15.1. The van der Waals surface area contributed by atoms with E-state index in [1.807, 2.05) is 45.9 Å². The molecule has 0 spiro atoms. The number of aliphatic hydroxyl groups is 1. The second-order valence-corrected chi connectivity index (χ2v) is 11.4. The van der Waals surface area contributed by atoms with E-state index in [0.29, 0.717) is 11.2 Å². The van der Waals surface area contributed by atoms with E-state index in [0.717, 1.165) is 16.4 Å². The van der Waals surface area contributed by atoms with Crippen LogP contribution in [0.5, 0.6) is 5.75 Å². The van der Waals surface area contributed by atoms with E-state index in [9.17, 15) is 10.2 Å². The minimum atomic E-state index is -1.09. The van der Waals surface area contributed by atoms with Crippen LogP contribution in [-0.4, -0.2) is 52.2 Å². The molecule has 1 fully saturated rings. The fourth-order valence-corrected chi connectivity index (χ4v) is 3.85. The molecule has 2 heterocycles. The molecule has 0 amide bonds. The van der Waals surface area contributed by atoms with Crippen molar-refractivity contribution in [3.8, 4) is 17.0 Å². The quantitative estimate of drug-likeness (QED) is 0.470. The first-order valence-electron chi connectivity index (χ1n) is 11.9. The Labute approximate surface area is 207 Å². The zero-order valence-electron chi connectivity index (χ0n) is 21.7. The number of nitrogens with one attached hydrogen (secondary N) is 1. The number of phenols is 1. The fourth-order valence-electron chi connectivity index (χ4n) is 3.85. The number of aromatic amines is 1. The Kier molecular flexibility index (Phi) is 6.16. The highest BCUT2D eigenvalue weighted by Crippen LogP contribution is 2.37. The summed E-state index contributed by atoms with van der Waals surface area (Å²) < 4.78 is 33.3. The average molecular weight is 481 g/mol. The van der Waals surface area contributed by atoms with Crippen LogP contribution in [0.3, 0.4) is 0 Å². The molecule has 2 aromatic carbocycles. The highest BCUT2D eigenvalue weighted by Gasteiger charge is 2.51. The predicted octanol–water partition coefficient (Wildman–Crippen LogP) is 3.52. The van der Waals surface area contributed by atoms with Crippen LogP contribution in [0.25, 0.3) is 22.2 Å². The smallest absolute Gasteiger partial charge is 0.494 e. The molecule has 0 saturated carbocycles. The first-order chi connectivity index (χ1) is 16.0. The number of hydrogen-bond acceptors (Lipinski definition) is 5. The van der Waals surface area contributed by atoms with Gasteiger partial charge in [0.15, 0.2) is 0 Å². The Morgan fingerprint density at radius 1 is 1.00 bits per heavy atom. The van der Waals surface area contributed by atoms with Crippen LogP contribution in [0.1, 0.15) is 55.4 Å². The summed E-state index contributed by atoms with van der Waals surface area (Å²) in [7, 11) is -0.452. The van der Waals surface area contributed by atoms with E-state index in [1.54, 1.807) is 33.8 Å². The molecule has 4 rings (SSSR count). The van der Waals surface area contributed by atoms with E-state index in [-0.39, 0.29) is 18.8 Å². The topological polar surface area (TPSA) is 83.9 Å². The average Bonchev–Trinajstić information content (AvgIpc) is 3.21. The molecule has 1 saturated heterocycles. The number of H-pyrrole nitrogens is 1. The third-order valence-corrected chi connectivity index (χ3v) is 7.64. The van der Waals surface area contributed by atoms with Crippen LogP contribution in [0.15, 0.2) is 36.4 Å². The van der Waals surface area contributed by atoms with Gasteiger partial charge in [0.2, 0.25) is 0 Å². The highest BCUT2D eigenvalue weighted by atomic mass is 19.1. The second-order valence-electron chi connectivity index (χ2n) is 11.4. The monoisotopic (exact) mass is 481 g/mol. The summed E-state index contributed by atoms with van der Waals surface area (Å²) in [5, 5.41) is 21.8. The molecule has 0 unspecified atom stereocenters. The molecule has 1 aromatic heterocycles. The third kappa shape index (κ3) is 4.75. The molecule has 186 valence electrons. The van der Waals surface area contributed by atoms with Gasteiger partial charge in [-0.15, -0.1) is 0 Å². The number of rotatable bonds is 6. The van der Waals surface area contributed by atoms with Crippen LogP contribution < -0.4 is 10.9 Å². The summed E-state index contributed by atoms with van der Waals surface area (Å²) in [5.74, 6) is -0.759. The minimum absolute atomic E-state index is 0.0475. The molecule has 0 aliphatic carbocycles. The Hall–Kier alpha value is -2.32. The van der Waals surface area contributed by atoms with Crippen molar-refractivity contribution < 1.29 is 28.6 Å². The maximum absolute atomic E-state index is 15.1. The number of aromatic hydroxyl groups is 1. The van der Waals surface area contributed by atoms with E-state index >= 15 is 4.39 Å². The number of aromatic nitrogens is 1. The SMILES string of the molecule is CC(C)(O)C(C)(C)OBc1cc(O)c(-c2cc3cc(B4OC(C)(C)C(C)(C)O4)ccc3[nH]2)c(F)c1. The van der Waals surface area contributed by atoms with Gasteiger partial charge >= 0.3 is 14.6 Å². The maximum Gasteiger partial charge on any atom is 0.494 e. The molecule has 1 aliphatic rings. The summed E-state index contributed by atoms with van der Waals surface area (Å²) in [6.45, 7) is 14.9. The number of benzene rings is 2. The Morgan fingerprint density at radius 3 is 2.20 bits per heavy atom. The van der Waals surface area contributed by atoms with Crippen LogP contribution in [0.2, 0.25) is 0 Å². The van der Waals surface area contributed by atoms with Gasteiger partial charge in [-0.05, 0) is 96.0 Å². The molecular weight excluding hydrogens is 447 g/mol. The molecule has 0 atom stereocenters. The molecule has 3 aromatic rings. The van der Waals surface area contributed by atoms with Crippen LogP contribution in [0, 0.1) is 5.82 Å². The first-order valence-corrected chi connectivity index (χ1v) is 11.9. The number of phenolic OH excluding ortho intramolecular Hbond substituents is 1. The van der Waals surface area contributed by atoms with Gasteiger partial charge < -0.3 is 29.2 Å². The zero-order valence-corrected chi connectivity index (χ0v) is 21.7. The van der Waals surface area contributed by atoms with Crippen molar-refractivity contribution in [1.29, 1.82) is 0 Å². The lowest BCUT2D eigenvalue weighted by molar-refractivity contribution is -0.0893. The number of hydrogen-bond donors (Lipinski definition) is 3. The van der Waals surface area contributed by atoms with Gasteiger partial charge in [0, 0.05) is 5.52 Å². The minimum Gasteiger partial charge on any atom is -0.507 e. The molecule has 1 aliphatic heterocycles. The predicted molar refractivity (Wildman–Crippen MR) is 139 cm³/mol. The molecule has 0 bridgehead atoms. The van der Waals surface area contributed by atoms with E-state index in [1.165, 1.54) is 12.1 Å². The lowest BCUT2D eigenvalue weighted by atomic mass is 9.78. The molecule has 6 nitrogen and oxygen atoms in total. The van der Waals surface area contributed by atoms with Crippen molar-refractivity contribution in [3.63, 3.8) is 0 Å². The van der Waals surface area contributed by atoms with Crippen LogP contribution in [0.4, 0.5) is 4.39 Å². The van der Waals surface area contributed by atoms with Gasteiger partial charge in [-0.2, -0.15) is 0 Å². The summed E-state index contributed by atoms with van der Waals surface area (Å²) >= 11 is 0. The Morgan fingerprint density at radius 2 is 1.63 bits per heavy atom. The van der Waals surface area contributed by atoms with Crippen molar-refractivity contribution >= 4 is 36.4 Å². The first kappa shape index (κ1) is 25.8. The molecule has 9 heteroatoms. The molecule has 35 heavy (non-hydrogen) atoms. The van der Waals surface area contributed by atoms with Gasteiger partial charge in [-0.3, -0.25) is 0 Å². The van der Waals surface area contributed by atoms with E-state index < -0.39 is 35.3 Å². The molecule has 3 N–H and O–H groups in total. The summed E-state index contributed by atoms with van der Waals surface area (Å²) in [6, 6.07) is 10.4. The summed E-state index contributed by atoms with van der Waals surface area (Å²) in [5.41, 5.74) is -0.140. The van der Waals surface area contributed by atoms with Gasteiger partial charge in [0.1, 0.15) is 11.6 Å². The highest BCUT2D eigenvalue weighted by molar-refractivity contribution is 6.62. The van der Waals surface area contributed by atoms with Crippen LogP contribution >= 0.6 is 0 Å². The van der Waals surface area contributed by atoms with Crippen molar-refractivity contribution in [2.45, 2.75) is 77.8 Å². The van der Waals surface area contributed by atoms with Crippen LogP contribution in [-0.2, 0) is 14.0 Å². The van der Waals surface area contributed by atoms with Gasteiger partial charge in [-0.25, -0.2) is 4.39 Å². The van der Waals surface area contributed by atoms with Crippen molar-refractivity contribution in [3.05, 3.63) is 42.2 Å². The largest absolute Gasteiger partial charge is 0.507 e. The Bertz CT molecular complexity index is 1220. The van der Waals surface area contributed by atoms with Crippen molar-refractivity contribution in [2.24, 2.45) is 0 Å². The van der Waals surface area contributed by atoms with Crippen molar-refractivity contribution in [2.75, 3.05) is 0 Å². The molecule has 0 radical (unpaired) electrons. The fraction of sp³-hybridized carbons (Fsp3) is 0.462. The van der Waals surface area contributed by atoms with Gasteiger partial charge in [0.05, 0.1) is 33.7 Å². The normalized spacial score (nSPS) is 17.8. The van der Waals surface area contributed by atoms with E-state index in [4.69, 9.17) is 14.0 Å². The Balaban J connectivity index is 1.60. The lowest BCUT2D eigenvalue weighted by Gasteiger charge is -2.37. The standard InChI is InChI=1S/C26H34B2FNO5/c1-23(2,32)24(3,4)33-27-16-13-18(29)22(21(31)14-16)20-12-15-11-17(9-10-19(15)30-20)28-34-25(5,6)26(7,8)35-28/h9-14,27,30-32H,1-8H3. The summed E-state index contributed by atoms with van der Waals surface area (Å²) in [6.07, 6.45) is 0. The number of fused-ring (bicyclic) bond motifs is 1. The van der Waals surface area contributed by atoms with Gasteiger partial charge in [0.25, 0.3) is 0 Å². The van der Waals surface area contributed by atoms with E-state index in [2.05, 4.69) is 4.98 Å². The summed E-state index contributed by atoms with van der Waals surface area (Å²) in [4.78, 5) is 3.19. The van der Waals surface area contributed by atoms with Crippen molar-refractivity contribution in [1.82, 2.24) is 4.98 Å². The lowest BCUT2D eigenvalue weighted by Crippen LogP contribution is -2.49. The van der Waals surface area contributed by atoms with Gasteiger partial charge in [-0.1, -0.05) is 12.1 Å².